The summed E-state index contributed by atoms with van der Waals surface area (Å²) in [6, 6.07) is 0.365. The molecule has 0 amide bonds. The number of hydrogen-bond donors (Lipinski definition) is 4. The minimum Gasteiger partial charge on any atom is -0.394 e. The van der Waals surface area contributed by atoms with Gasteiger partial charge in [-0.05, 0) is 19.3 Å². The molecule has 1 aliphatic carbocycles. The van der Waals surface area contributed by atoms with Crippen LogP contribution in [-0.4, -0.2) is 71.6 Å². The molecule has 4 rings (SSSR count). The topological polar surface area (TPSA) is 126 Å². The molecule has 166 valence electrons. The number of imidazole rings is 1. The number of fused-ring (bicyclic) bond motifs is 1. The van der Waals surface area contributed by atoms with Gasteiger partial charge in [0.1, 0.15) is 18.3 Å². The third-order valence-electron chi connectivity index (χ3n) is 5.87. The van der Waals surface area contributed by atoms with Gasteiger partial charge in [0.2, 0.25) is 0 Å². The van der Waals surface area contributed by atoms with Crippen LogP contribution in [0.4, 0.5) is 5.82 Å². The first-order valence-electron chi connectivity index (χ1n) is 10.9. The summed E-state index contributed by atoms with van der Waals surface area (Å²) in [6.45, 7) is 1.78. The van der Waals surface area contributed by atoms with Crippen molar-refractivity contribution in [3.05, 3.63) is 6.33 Å². The van der Waals surface area contributed by atoms with Crippen molar-refractivity contribution in [2.75, 3.05) is 17.7 Å². The SMILES string of the molecule is CCCCSc1nc(NC2CCCCC2)c2ncn([C@@H]3O[C@H](CO)[C@@H](O)[C@H]3O)c2n1. The van der Waals surface area contributed by atoms with Crippen LogP contribution in [-0.2, 0) is 4.74 Å². The number of nitrogens with zero attached hydrogens (tertiary/aromatic N) is 4. The fourth-order valence-corrected chi connectivity index (χ4v) is 5.03. The lowest BCUT2D eigenvalue weighted by atomic mass is 9.95. The Balaban J connectivity index is 1.68. The second-order valence-electron chi connectivity index (χ2n) is 8.09. The number of ether oxygens (including phenoxy) is 1. The molecule has 0 bridgehead atoms. The van der Waals surface area contributed by atoms with Crippen LogP contribution in [0, 0.1) is 0 Å². The van der Waals surface area contributed by atoms with Crippen LogP contribution < -0.4 is 5.32 Å². The van der Waals surface area contributed by atoms with E-state index in [0.29, 0.717) is 28.2 Å². The first-order valence-corrected chi connectivity index (χ1v) is 11.9. The summed E-state index contributed by atoms with van der Waals surface area (Å²) in [5, 5.41) is 34.2. The number of rotatable bonds is 8. The van der Waals surface area contributed by atoms with E-state index in [2.05, 4.69) is 17.2 Å². The lowest BCUT2D eigenvalue weighted by molar-refractivity contribution is -0.0511. The molecule has 2 aromatic rings. The Hall–Kier alpha value is -1.46. The molecular weight excluding hydrogens is 406 g/mol. The summed E-state index contributed by atoms with van der Waals surface area (Å²) in [6.07, 6.45) is 5.59. The quantitative estimate of drug-likeness (QED) is 0.279. The summed E-state index contributed by atoms with van der Waals surface area (Å²) in [4.78, 5) is 13.9. The summed E-state index contributed by atoms with van der Waals surface area (Å²) >= 11 is 1.60. The van der Waals surface area contributed by atoms with Crippen molar-refractivity contribution in [1.82, 2.24) is 19.5 Å². The average molecular weight is 438 g/mol. The van der Waals surface area contributed by atoms with Crippen LogP contribution in [0.3, 0.4) is 0 Å². The molecule has 0 unspecified atom stereocenters. The molecule has 9 nitrogen and oxygen atoms in total. The van der Waals surface area contributed by atoms with E-state index in [0.717, 1.165) is 31.4 Å². The Morgan fingerprint density at radius 2 is 2.00 bits per heavy atom. The molecule has 2 aliphatic rings. The predicted molar refractivity (Wildman–Crippen MR) is 114 cm³/mol. The predicted octanol–water partition coefficient (Wildman–Crippen LogP) is 2.07. The Bertz CT molecular complexity index is 844. The lowest BCUT2D eigenvalue weighted by Crippen LogP contribution is -2.33. The molecule has 1 aliphatic heterocycles. The average Bonchev–Trinajstić information content (AvgIpc) is 3.30. The molecule has 0 radical (unpaired) electrons. The summed E-state index contributed by atoms with van der Waals surface area (Å²) in [5.41, 5.74) is 1.18. The van der Waals surface area contributed by atoms with E-state index in [-0.39, 0.29) is 6.61 Å². The number of aliphatic hydroxyl groups is 3. The molecular formula is C20H31N5O4S. The van der Waals surface area contributed by atoms with Crippen molar-refractivity contribution in [1.29, 1.82) is 0 Å². The zero-order valence-electron chi connectivity index (χ0n) is 17.3. The summed E-state index contributed by atoms with van der Waals surface area (Å²) in [5.74, 6) is 1.63. The standard InChI is InChI=1S/C20H31N5O4S/c1-2-3-9-30-20-23-17(22-12-7-5-4-6-8-12)14-18(24-20)25(11-21-14)19-16(28)15(27)13(10-26)29-19/h11-13,15-16,19,26-28H,2-10H2,1H3,(H,22,23,24)/t13-,15-,16-,19-/m1/s1. The van der Waals surface area contributed by atoms with Crippen molar-refractivity contribution in [3.63, 3.8) is 0 Å². The number of thioether (sulfide) groups is 1. The third-order valence-corrected chi connectivity index (χ3v) is 6.80. The molecule has 3 heterocycles. The highest BCUT2D eigenvalue weighted by Crippen LogP contribution is 2.34. The van der Waals surface area contributed by atoms with Crippen LogP contribution in [0.15, 0.2) is 11.5 Å². The molecule has 0 spiro atoms. The van der Waals surface area contributed by atoms with Crippen molar-refractivity contribution in [2.45, 2.75) is 87.6 Å². The zero-order chi connectivity index (χ0) is 21.1. The number of hydrogen-bond acceptors (Lipinski definition) is 9. The highest BCUT2D eigenvalue weighted by atomic mass is 32.2. The normalized spacial score (nSPS) is 27.7. The minimum absolute atomic E-state index is 0.365. The van der Waals surface area contributed by atoms with Gasteiger partial charge in [-0.2, -0.15) is 0 Å². The van der Waals surface area contributed by atoms with Gasteiger partial charge >= 0.3 is 0 Å². The van der Waals surface area contributed by atoms with Crippen LogP contribution in [0.25, 0.3) is 11.2 Å². The zero-order valence-corrected chi connectivity index (χ0v) is 18.1. The number of aromatic nitrogens is 4. The highest BCUT2D eigenvalue weighted by Gasteiger charge is 2.44. The number of unbranched alkanes of at least 4 members (excludes halogenated alkanes) is 1. The van der Waals surface area contributed by atoms with E-state index >= 15 is 0 Å². The number of anilines is 1. The summed E-state index contributed by atoms with van der Waals surface area (Å²) < 4.78 is 7.34. The monoisotopic (exact) mass is 437 g/mol. The van der Waals surface area contributed by atoms with E-state index in [4.69, 9.17) is 14.7 Å². The van der Waals surface area contributed by atoms with Gasteiger partial charge in [-0.25, -0.2) is 15.0 Å². The van der Waals surface area contributed by atoms with Crippen molar-refractivity contribution in [2.24, 2.45) is 0 Å². The molecule has 2 fully saturated rings. The van der Waals surface area contributed by atoms with E-state index in [1.165, 1.54) is 19.3 Å². The first kappa shape index (κ1) is 21.8. The van der Waals surface area contributed by atoms with Gasteiger partial charge in [-0.3, -0.25) is 4.57 Å². The van der Waals surface area contributed by atoms with E-state index in [1.54, 1.807) is 22.7 Å². The van der Waals surface area contributed by atoms with Crippen molar-refractivity contribution < 1.29 is 20.1 Å². The minimum atomic E-state index is -1.18. The van der Waals surface area contributed by atoms with E-state index < -0.39 is 24.5 Å². The molecule has 0 aromatic carbocycles. The fraction of sp³-hybridized carbons (Fsp3) is 0.750. The van der Waals surface area contributed by atoms with Crippen molar-refractivity contribution >= 4 is 28.7 Å². The van der Waals surface area contributed by atoms with Gasteiger partial charge in [-0.15, -0.1) is 0 Å². The van der Waals surface area contributed by atoms with Gasteiger partial charge in [0.05, 0.1) is 12.9 Å². The molecule has 1 saturated heterocycles. The highest BCUT2D eigenvalue weighted by molar-refractivity contribution is 7.99. The smallest absolute Gasteiger partial charge is 0.191 e. The van der Waals surface area contributed by atoms with Crippen LogP contribution >= 0.6 is 11.8 Å². The Morgan fingerprint density at radius 1 is 1.20 bits per heavy atom. The van der Waals surface area contributed by atoms with Gasteiger partial charge in [0.25, 0.3) is 0 Å². The van der Waals surface area contributed by atoms with Gasteiger partial charge in [-0.1, -0.05) is 44.4 Å². The summed E-state index contributed by atoms with van der Waals surface area (Å²) in [7, 11) is 0. The van der Waals surface area contributed by atoms with Gasteiger partial charge < -0.3 is 25.4 Å². The van der Waals surface area contributed by atoms with Crippen molar-refractivity contribution in [3.8, 4) is 0 Å². The van der Waals surface area contributed by atoms with Crippen LogP contribution in [0.1, 0.15) is 58.1 Å². The molecule has 10 heteroatoms. The second kappa shape index (κ2) is 9.78. The second-order valence-corrected chi connectivity index (χ2v) is 9.15. The van der Waals surface area contributed by atoms with E-state index in [1.807, 2.05) is 0 Å². The molecule has 2 aromatic heterocycles. The van der Waals surface area contributed by atoms with Gasteiger partial charge in [0, 0.05) is 11.8 Å². The maximum absolute atomic E-state index is 10.5. The molecule has 1 saturated carbocycles. The molecule has 4 atom stereocenters. The number of aliphatic hydroxyl groups excluding tert-OH is 3. The number of nitrogens with one attached hydrogen (secondary N) is 1. The maximum Gasteiger partial charge on any atom is 0.191 e. The van der Waals surface area contributed by atoms with Crippen LogP contribution in [0.2, 0.25) is 0 Å². The maximum atomic E-state index is 10.5. The van der Waals surface area contributed by atoms with E-state index in [9.17, 15) is 15.3 Å². The van der Waals surface area contributed by atoms with Crippen LogP contribution in [0.5, 0.6) is 0 Å². The molecule has 30 heavy (non-hydrogen) atoms. The first-order chi connectivity index (χ1) is 14.6. The lowest BCUT2D eigenvalue weighted by Gasteiger charge is -2.23. The third kappa shape index (κ3) is 4.43. The Labute approximate surface area is 180 Å². The molecule has 4 N–H and O–H groups in total. The Kier molecular flexibility index (Phi) is 7.09. The Morgan fingerprint density at radius 3 is 2.70 bits per heavy atom. The largest absolute Gasteiger partial charge is 0.394 e. The van der Waals surface area contributed by atoms with Gasteiger partial charge in [0.15, 0.2) is 28.4 Å². The fourth-order valence-electron chi connectivity index (χ4n) is 4.11.